The minimum Gasteiger partial charge on any atom is -0.491 e. The number of likely N-dealkylation sites (N-methyl/N-ethyl adjacent to an activating group) is 2. The Bertz CT molecular complexity index is 765. The second-order valence-corrected chi connectivity index (χ2v) is 6.64. The summed E-state index contributed by atoms with van der Waals surface area (Å²) in [5.74, 6) is 0.549. The molecule has 0 unspecified atom stereocenters. The highest BCUT2D eigenvalue weighted by Gasteiger charge is 2.53. The normalized spacial score (nSPS) is 23.8. The lowest BCUT2D eigenvalue weighted by molar-refractivity contribution is -0.559. The van der Waals surface area contributed by atoms with E-state index in [0.717, 1.165) is 10.5 Å². The zero-order valence-electron chi connectivity index (χ0n) is 15.0. The molecule has 0 radical (unpaired) electrons. The van der Waals surface area contributed by atoms with Gasteiger partial charge in [0.25, 0.3) is 5.91 Å². The molecule has 0 bridgehead atoms. The van der Waals surface area contributed by atoms with Crippen molar-refractivity contribution in [3.8, 4) is 5.75 Å². The molecule has 0 spiro atoms. The zero-order chi connectivity index (χ0) is 19.0. The number of fused-ring (bicyclic) bond motifs is 1. The first-order valence-electron chi connectivity index (χ1n) is 8.37. The summed E-state index contributed by atoms with van der Waals surface area (Å²) in [6, 6.07) is 6.44. The second-order valence-electron chi connectivity index (χ2n) is 6.64. The van der Waals surface area contributed by atoms with Crippen LogP contribution in [0, 0.1) is 6.92 Å². The number of benzene rings is 1. The van der Waals surface area contributed by atoms with Crippen molar-refractivity contribution in [2.45, 2.75) is 25.2 Å². The van der Waals surface area contributed by atoms with Crippen LogP contribution >= 0.6 is 0 Å². The first-order chi connectivity index (χ1) is 12.3. The van der Waals surface area contributed by atoms with Gasteiger partial charge in [0.15, 0.2) is 6.17 Å². The molecule has 0 aromatic heterocycles. The van der Waals surface area contributed by atoms with Gasteiger partial charge in [0, 0.05) is 14.1 Å². The number of nitrogens with two attached hydrogens (primary N) is 1. The topological polar surface area (TPSA) is 111 Å². The molecule has 3 atom stereocenters. The number of rotatable bonds is 5. The summed E-state index contributed by atoms with van der Waals surface area (Å²) in [5.41, 5.74) is 7.06. The van der Waals surface area contributed by atoms with Gasteiger partial charge in [-0.3, -0.25) is 25.6 Å². The van der Waals surface area contributed by atoms with Gasteiger partial charge in [-0.15, -0.1) is 0 Å². The minimum atomic E-state index is -0.865. The van der Waals surface area contributed by atoms with Gasteiger partial charge in [-0.05, 0) is 24.6 Å². The van der Waals surface area contributed by atoms with Gasteiger partial charge >= 0.3 is 12.0 Å². The summed E-state index contributed by atoms with van der Waals surface area (Å²) in [4.78, 5) is 27.1. The molecule has 2 aliphatic rings. The van der Waals surface area contributed by atoms with Crippen LogP contribution in [0.2, 0.25) is 0 Å². The number of amides is 3. The van der Waals surface area contributed by atoms with Crippen molar-refractivity contribution in [2.75, 3.05) is 27.2 Å². The number of nitrogens with zero attached hydrogens (tertiary/aromatic N) is 3. The first-order valence-corrected chi connectivity index (χ1v) is 8.37. The number of imide groups is 1. The lowest BCUT2D eigenvalue weighted by Gasteiger charge is -2.36. The largest absolute Gasteiger partial charge is 0.491 e. The van der Waals surface area contributed by atoms with Gasteiger partial charge in [-0.2, -0.15) is 0 Å². The summed E-state index contributed by atoms with van der Waals surface area (Å²) in [7, 11) is 3.03. The minimum absolute atomic E-state index is 0.0589. The average molecular weight is 362 g/mol. The van der Waals surface area contributed by atoms with Crippen molar-refractivity contribution >= 4 is 17.9 Å². The standard InChI is InChI=1S/C17H23N5O4/c1-10-5-4-6-12(7-10)26-9-11(23)8-22-13-14(19-16(22)18)20(2)17(25)21(3)15(13)24/h4-7,11,13-14,23H,8-9H2,1-3H3,(H2,18,19)/p+1/t11-,13-,14-/m0/s1. The Morgan fingerprint density at radius 2 is 2.12 bits per heavy atom. The Hall–Kier alpha value is -2.81. The summed E-state index contributed by atoms with van der Waals surface area (Å²) in [5, 5.41) is 13.3. The van der Waals surface area contributed by atoms with E-state index in [1.165, 1.54) is 11.9 Å². The quantitative estimate of drug-likeness (QED) is 0.573. The van der Waals surface area contributed by atoms with E-state index >= 15 is 0 Å². The number of aryl methyl sites for hydroxylation is 1. The third-order valence-electron chi connectivity index (χ3n) is 4.67. The van der Waals surface area contributed by atoms with E-state index in [1.807, 2.05) is 31.2 Å². The highest BCUT2D eigenvalue weighted by atomic mass is 16.5. The smallest absolute Gasteiger partial charge is 0.346 e. The number of nitrogens with one attached hydrogen (secondary N) is 1. The fourth-order valence-corrected chi connectivity index (χ4v) is 3.25. The van der Waals surface area contributed by atoms with E-state index in [4.69, 9.17) is 10.5 Å². The number of urea groups is 1. The Balaban J connectivity index is 1.67. The number of hydrogen-bond acceptors (Lipinski definition) is 6. The molecule has 3 amide bonds. The molecule has 4 N–H and O–H groups in total. The molecule has 1 aromatic rings. The number of hydrogen-bond donors (Lipinski definition) is 3. The summed E-state index contributed by atoms with van der Waals surface area (Å²) in [6.07, 6.45) is -1.42. The van der Waals surface area contributed by atoms with Gasteiger partial charge in [0.05, 0.1) is 6.54 Å². The average Bonchev–Trinajstić information content (AvgIpc) is 2.93. The van der Waals surface area contributed by atoms with Crippen LogP contribution in [0.25, 0.3) is 0 Å². The van der Waals surface area contributed by atoms with Crippen LogP contribution in [0.1, 0.15) is 5.56 Å². The highest BCUT2D eigenvalue weighted by molar-refractivity contribution is 6.00. The lowest BCUT2D eigenvalue weighted by atomic mass is 10.1. The van der Waals surface area contributed by atoms with Crippen LogP contribution in [0.3, 0.4) is 0 Å². The molecule has 1 fully saturated rings. The van der Waals surface area contributed by atoms with Crippen molar-refractivity contribution < 1.29 is 24.0 Å². The van der Waals surface area contributed by atoms with Crippen LogP contribution in [0.5, 0.6) is 5.75 Å². The number of guanidine groups is 1. The molecule has 140 valence electrons. The Labute approximate surface area is 151 Å². The van der Waals surface area contributed by atoms with Crippen molar-refractivity contribution in [1.82, 2.24) is 15.1 Å². The van der Waals surface area contributed by atoms with Crippen LogP contribution in [0.15, 0.2) is 24.3 Å². The fourth-order valence-electron chi connectivity index (χ4n) is 3.25. The van der Waals surface area contributed by atoms with E-state index in [9.17, 15) is 14.7 Å². The lowest BCUT2D eigenvalue weighted by Crippen LogP contribution is -2.65. The summed E-state index contributed by atoms with van der Waals surface area (Å²) < 4.78 is 7.19. The molecule has 2 heterocycles. The Morgan fingerprint density at radius 1 is 1.38 bits per heavy atom. The molecule has 9 nitrogen and oxygen atoms in total. The van der Waals surface area contributed by atoms with Crippen LogP contribution < -0.4 is 15.8 Å². The second kappa shape index (κ2) is 6.83. The maximum atomic E-state index is 12.5. The van der Waals surface area contributed by atoms with Gasteiger partial charge in [0.1, 0.15) is 18.5 Å². The van der Waals surface area contributed by atoms with Gasteiger partial charge in [-0.1, -0.05) is 12.1 Å². The maximum Gasteiger partial charge on any atom is 0.346 e. The molecule has 2 aliphatic heterocycles. The van der Waals surface area contributed by atoms with Gasteiger partial charge < -0.3 is 9.84 Å². The number of aliphatic hydroxyl groups is 1. The highest BCUT2D eigenvalue weighted by Crippen LogP contribution is 2.20. The summed E-state index contributed by atoms with van der Waals surface area (Å²) >= 11 is 0. The van der Waals surface area contributed by atoms with Gasteiger partial charge in [-0.25, -0.2) is 9.37 Å². The van der Waals surface area contributed by atoms with Crippen LogP contribution in [-0.2, 0) is 4.79 Å². The molecule has 1 aromatic carbocycles. The van der Waals surface area contributed by atoms with Crippen LogP contribution in [0.4, 0.5) is 4.79 Å². The molecular weight excluding hydrogens is 338 g/mol. The van der Waals surface area contributed by atoms with Crippen molar-refractivity contribution in [1.29, 1.82) is 0 Å². The molecule has 1 saturated heterocycles. The van der Waals surface area contributed by atoms with Crippen molar-refractivity contribution in [2.24, 2.45) is 5.73 Å². The van der Waals surface area contributed by atoms with E-state index in [0.29, 0.717) is 5.75 Å². The van der Waals surface area contributed by atoms with Crippen molar-refractivity contribution in [3.63, 3.8) is 0 Å². The van der Waals surface area contributed by atoms with Gasteiger partial charge in [0.2, 0.25) is 6.04 Å². The monoisotopic (exact) mass is 362 g/mol. The van der Waals surface area contributed by atoms with E-state index in [2.05, 4.69) is 5.32 Å². The van der Waals surface area contributed by atoms with Crippen molar-refractivity contribution in [3.05, 3.63) is 29.8 Å². The predicted octanol–water partition coefficient (Wildman–Crippen LogP) is -1.12. The molecular formula is C17H24N5O4+. The number of carbonyl (C=O) groups is 2. The Kier molecular flexibility index (Phi) is 4.73. The number of β-amino-alcohol motifs (C(OH)–C–C–N with tert-alkyl or cyclic N) is 1. The first kappa shape index (κ1) is 18.0. The van der Waals surface area contributed by atoms with Crippen LogP contribution in [-0.4, -0.2) is 82.9 Å². The third kappa shape index (κ3) is 3.17. The molecule has 3 rings (SSSR count). The molecule has 9 heteroatoms. The van der Waals surface area contributed by atoms with E-state index in [-0.39, 0.29) is 25.0 Å². The molecule has 26 heavy (non-hydrogen) atoms. The maximum absolute atomic E-state index is 12.5. The SMILES string of the molecule is Cc1cccc(OC[C@@H](O)C[N+]2=C(N)N[C@@H]3[C@H]2C(=O)N(C)C(=O)N3C)c1. The van der Waals surface area contributed by atoms with E-state index < -0.39 is 24.3 Å². The van der Waals surface area contributed by atoms with E-state index in [1.54, 1.807) is 11.6 Å². The number of carbonyl (C=O) groups excluding carboxylic acids is 2. The molecule has 0 saturated carbocycles. The zero-order valence-corrected chi connectivity index (χ0v) is 15.0. The summed E-state index contributed by atoms with van der Waals surface area (Å²) in [6.45, 7) is 2.12. The number of aliphatic hydroxyl groups excluding tert-OH is 1. The predicted molar refractivity (Wildman–Crippen MR) is 93.6 cm³/mol. The fraction of sp³-hybridized carbons (Fsp3) is 0.471. The number of ether oxygens (including phenoxy) is 1. The Morgan fingerprint density at radius 3 is 2.81 bits per heavy atom. The molecule has 0 aliphatic carbocycles. The third-order valence-corrected chi connectivity index (χ3v) is 4.67.